The van der Waals surface area contributed by atoms with Gasteiger partial charge in [0.2, 0.25) is 0 Å². The van der Waals surface area contributed by atoms with Crippen LogP contribution in [0.2, 0.25) is 5.02 Å². The third-order valence-corrected chi connectivity index (χ3v) is 2.00. The molecular weight excluding hydrogens is 188 g/mol. The van der Waals surface area contributed by atoms with Gasteiger partial charge in [-0.25, -0.2) is 9.50 Å². The standard InChI is InChI=1S/C8H9ClN4/c1-2-7-11-8-6(10)3-5(9)4-13(8)12-7/h3-4H,2,10H2,1H3. The summed E-state index contributed by atoms with van der Waals surface area (Å²) in [6.45, 7) is 1.99. The summed E-state index contributed by atoms with van der Waals surface area (Å²) in [6.07, 6.45) is 2.48. The molecule has 0 aliphatic heterocycles. The van der Waals surface area contributed by atoms with Crippen LogP contribution in [0.5, 0.6) is 0 Å². The van der Waals surface area contributed by atoms with Gasteiger partial charge in [-0.1, -0.05) is 18.5 Å². The summed E-state index contributed by atoms with van der Waals surface area (Å²) in [6, 6.07) is 1.67. The lowest BCUT2D eigenvalue weighted by molar-refractivity contribution is 0.886. The van der Waals surface area contributed by atoms with Crippen LogP contribution in [0, 0.1) is 0 Å². The van der Waals surface area contributed by atoms with Crippen molar-refractivity contribution in [1.82, 2.24) is 14.6 Å². The van der Waals surface area contributed by atoms with Crippen molar-refractivity contribution in [3.63, 3.8) is 0 Å². The quantitative estimate of drug-likeness (QED) is 0.753. The minimum Gasteiger partial charge on any atom is -0.396 e. The Morgan fingerprint density at radius 1 is 1.62 bits per heavy atom. The smallest absolute Gasteiger partial charge is 0.178 e. The normalized spacial score (nSPS) is 10.9. The van der Waals surface area contributed by atoms with Crippen molar-refractivity contribution in [3.8, 4) is 0 Å². The van der Waals surface area contributed by atoms with Gasteiger partial charge in [0.1, 0.15) is 0 Å². The largest absolute Gasteiger partial charge is 0.396 e. The van der Waals surface area contributed by atoms with Crippen LogP contribution in [0.25, 0.3) is 5.65 Å². The summed E-state index contributed by atoms with van der Waals surface area (Å²) < 4.78 is 1.61. The first kappa shape index (κ1) is 8.31. The van der Waals surface area contributed by atoms with Crippen LogP contribution in [-0.2, 0) is 6.42 Å². The number of rotatable bonds is 1. The first-order chi connectivity index (χ1) is 6.20. The zero-order valence-electron chi connectivity index (χ0n) is 7.16. The summed E-state index contributed by atoms with van der Waals surface area (Å²) in [4.78, 5) is 4.24. The summed E-state index contributed by atoms with van der Waals surface area (Å²) in [5.74, 6) is 0.772. The Kier molecular flexibility index (Phi) is 1.84. The van der Waals surface area contributed by atoms with Gasteiger partial charge in [-0.05, 0) is 6.07 Å². The maximum absolute atomic E-state index is 5.81. The molecule has 0 saturated heterocycles. The van der Waals surface area contributed by atoms with Crippen molar-refractivity contribution in [2.45, 2.75) is 13.3 Å². The highest BCUT2D eigenvalue weighted by Gasteiger charge is 2.05. The van der Waals surface area contributed by atoms with Gasteiger partial charge >= 0.3 is 0 Å². The van der Waals surface area contributed by atoms with E-state index in [1.807, 2.05) is 6.92 Å². The van der Waals surface area contributed by atoms with E-state index in [1.54, 1.807) is 16.8 Å². The Bertz CT molecular complexity index is 449. The molecule has 0 aromatic carbocycles. The number of fused-ring (bicyclic) bond motifs is 1. The Morgan fingerprint density at radius 3 is 3.08 bits per heavy atom. The fourth-order valence-corrected chi connectivity index (χ4v) is 1.38. The molecule has 0 aliphatic carbocycles. The number of anilines is 1. The van der Waals surface area contributed by atoms with E-state index < -0.39 is 0 Å². The summed E-state index contributed by atoms with van der Waals surface area (Å²) >= 11 is 5.81. The minimum absolute atomic E-state index is 0.555. The fourth-order valence-electron chi connectivity index (χ4n) is 1.17. The Balaban J connectivity index is 2.75. The number of nitrogens with zero attached hydrogens (tertiary/aromatic N) is 3. The van der Waals surface area contributed by atoms with Gasteiger partial charge in [0, 0.05) is 12.6 Å². The molecule has 0 amide bonds. The molecule has 2 aromatic rings. The molecule has 5 heteroatoms. The number of aromatic nitrogens is 3. The number of hydrogen-bond donors (Lipinski definition) is 1. The average Bonchev–Trinajstić information content (AvgIpc) is 2.47. The van der Waals surface area contributed by atoms with E-state index in [-0.39, 0.29) is 0 Å². The van der Waals surface area contributed by atoms with Crippen LogP contribution in [0.1, 0.15) is 12.7 Å². The van der Waals surface area contributed by atoms with E-state index in [0.29, 0.717) is 16.4 Å². The van der Waals surface area contributed by atoms with E-state index in [9.17, 15) is 0 Å². The highest BCUT2D eigenvalue weighted by molar-refractivity contribution is 6.30. The molecule has 2 aromatic heterocycles. The molecule has 0 radical (unpaired) electrons. The summed E-state index contributed by atoms with van der Waals surface area (Å²) in [5, 5.41) is 4.76. The monoisotopic (exact) mass is 196 g/mol. The number of halogens is 1. The maximum atomic E-state index is 5.81. The SMILES string of the molecule is CCc1nc2c(N)cc(Cl)cn2n1. The topological polar surface area (TPSA) is 56.2 Å². The number of nitrogens with two attached hydrogens (primary N) is 1. The molecule has 0 aliphatic rings. The van der Waals surface area contributed by atoms with E-state index in [0.717, 1.165) is 12.2 Å². The molecule has 2 N–H and O–H groups in total. The molecule has 0 unspecified atom stereocenters. The van der Waals surface area contributed by atoms with Crippen molar-refractivity contribution in [3.05, 3.63) is 23.1 Å². The summed E-state index contributed by atoms with van der Waals surface area (Å²) in [5.41, 5.74) is 6.94. The van der Waals surface area contributed by atoms with E-state index >= 15 is 0 Å². The highest BCUT2D eigenvalue weighted by atomic mass is 35.5. The minimum atomic E-state index is 0.555. The van der Waals surface area contributed by atoms with Crippen LogP contribution in [0.4, 0.5) is 5.69 Å². The molecule has 13 heavy (non-hydrogen) atoms. The molecule has 2 heterocycles. The van der Waals surface area contributed by atoms with Crippen LogP contribution in [0.3, 0.4) is 0 Å². The molecule has 4 nitrogen and oxygen atoms in total. The Morgan fingerprint density at radius 2 is 2.38 bits per heavy atom. The van der Waals surface area contributed by atoms with Crippen molar-refractivity contribution >= 4 is 22.9 Å². The van der Waals surface area contributed by atoms with Crippen LogP contribution in [0.15, 0.2) is 12.3 Å². The fraction of sp³-hybridized carbons (Fsp3) is 0.250. The lowest BCUT2D eigenvalue weighted by Gasteiger charge is -1.95. The van der Waals surface area contributed by atoms with Crippen molar-refractivity contribution in [1.29, 1.82) is 0 Å². The van der Waals surface area contributed by atoms with E-state index in [1.165, 1.54) is 0 Å². The van der Waals surface area contributed by atoms with Crippen molar-refractivity contribution < 1.29 is 0 Å². The van der Waals surface area contributed by atoms with E-state index in [4.69, 9.17) is 17.3 Å². The van der Waals surface area contributed by atoms with Gasteiger partial charge in [-0.3, -0.25) is 0 Å². The number of aryl methyl sites for hydroxylation is 1. The molecule has 2 rings (SSSR count). The lowest BCUT2D eigenvalue weighted by atomic mass is 10.4. The first-order valence-corrected chi connectivity index (χ1v) is 4.38. The predicted molar refractivity (Wildman–Crippen MR) is 51.8 cm³/mol. The molecule has 68 valence electrons. The van der Waals surface area contributed by atoms with Crippen LogP contribution in [-0.4, -0.2) is 14.6 Å². The van der Waals surface area contributed by atoms with Gasteiger partial charge in [0.05, 0.1) is 10.7 Å². The molecular formula is C8H9ClN4. The second kappa shape index (κ2) is 2.88. The Hall–Kier alpha value is -1.29. The van der Waals surface area contributed by atoms with Gasteiger partial charge < -0.3 is 5.73 Å². The first-order valence-electron chi connectivity index (χ1n) is 4.01. The highest BCUT2D eigenvalue weighted by Crippen LogP contribution is 2.17. The zero-order chi connectivity index (χ0) is 9.42. The second-order valence-corrected chi connectivity index (χ2v) is 3.20. The van der Waals surface area contributed by atoms with Gasteiger partial charge in [-0.2, -0.15) is 5.10 Å². The maximum Gasteiger partial charge on any atom is 0.178 e. The van der Waals surface area contributed by atoms with E-state index in [2.05, 4.69) is 10.1 Å². The van der Waals surface area contributed by atoms with Gasteiger partial charge in [0.15, 0.2) is 11.5 Å². The zero-order valence-corrected chi connectivity index (χ0v) is 7.91. The molecule has 0 saturated carbocycles. The molecule has 0 bridgehead atoms. The Labute approximate surface area is 80.3 Å². The second-order valence-electron chi connectivity index (χ2n) is 2.76. The third-order valence-electron chi connectivity index (χ3n) is 1.79. The number of pyridine rings is 1. The van der Waals surface area contributed by atoms with Gasteiger partial charge in [-0.15, -0.1) is 0 Å². The summed E-state index contributed by atoms with van der Waals surface area (Å²) in [7, 11) is 0. The number of nitrogen functional groups attached to an aromatic ring is 1. The third kappa shape index (κ3) is 1.33. The molecule has 0 atom stereocenters. The van der Waals surface area contributed by atoms with Gasteiger partial charge in [0.25, 0.3) is 0 Å². The number of hydrogen-bond acceptors (Lipinski definition) is 3. The lowest BCUT2D eigenvalue weighted by Crippen LogP contribution is -1.93. The van der Waals surface area contributed by atoms with Crippen LogP contribution < -0.4 is 5.73 Å². The predicted octanol–water partition coefficient (Wildman–Crippen LogP) is 1.53. The average molecular weight is 197 g/mol. The van der Waals surface area contributed by atoms with Crippen molar-refractivity contribution in [2.75, 3.05) is 5.73 Å². The van der Waals surface area contributed by atoms with Crippen LogP contribution >= 0.6 is 11.6 Å². The van der Waals surface area contributed by atoms with Crippen molar-refractivity contribution in [2.24, 2.45) is 0 Å². The molecule has 0 fully saturated rings. The molecule has 0 spiro atoms.